The first-order chi connectivity index (χ1) is 15.6. The van der Waals surface area contributed by atoms with E-state index in [0.717, 1.165) is 22.5 Å². The van der Waals surface area contributed by atoms with Gasteiger partial charge in [0, 0.05) is 36.8 Å². The highest BCUT2D eigenvalue weighted by Crippen LogP contribution is 2.27. The third-order valence-electron chi connectivity index (χ3n) is 5.62. The summed E-state index contributed by atoms with van der Waals surface area (Å²) in [5.41, 5.74) is 2.91. The molecule has 0 atom stereocenters. The van der Waals surface area contributed by atoms with Crippen molar-refractivity contribution in [2.75, 3.05) is 31.1 Å². The Morgan fingerprint density at radius 3 is 2.66 bits per heavy atom. The number of H-pyrrole nitrogens is 1. The molecule has 3 heterocycles. The predicted molar refractivity (Wildman–Crippen MR) is 123 cm³/mol. The zero-order chi connectivity index (χ0) is 22.1. The maximum Gasteiger partial charge on any atom is 0.227 e. The van der Waals surface area contributed by atoms with Crippen LogP contribution in [0.4, 0.5) is 5.82 Å². The smallest absolute Gasteiger partial charge is 0.227 e. The number of piperazine rings is 1. The van der Waals surface area contributed by atoms with Crippen molar-refractivity contribution in [1.29, 1.82) is 0 Å². The summed E-state index contributed by atoms with van der Waals surface area (Å²) in [4.78, 5) is 33.4. The van der Waals surface area contributed by atoms with E-state index >= 15 is 0 Å². The van der Waals surface area contributed by atoms with Crippen LogP contribution in [0.5, 0.6) is 5.75 Å². The van der Waals surface area contributed by atoms with Gasteiger partial charge < -0.3 is 19.9 Å². The average Bonchev–Trinajstić information content (AvgIpc) is 3.25. The van der Waals surface area contributed by atoms with Crippen molar-refractivity contribution < 1.29 is 9.90 Å². The summed E-state index contributed by atoms with van der Waals surface area (Å²) in [6, 6.07) is 14.3. The van der Waals surface area contributed by atoms with E-state index in [2.05, 4.69) is 24.8 Å². The highest BCUT2D eigenvalue weighted by Gasteiger charge is 2.24. The minimum Gasteiger partial charge on any atom is -0.508 e. The number of fused-ring (bicyclic) bond motifs is 1. The van der Waals surface area contributed by atoms with Gasteiger partial charge in [-0.1, -0.05) is 41.9 Å². The molecular formula is C23H21ClN6O2. The molecule has 1 amide bonds. The first kappa shape index (κ1) is 20.3. The molecule has 32 heavy (non-hydrogen) atoms. The topological polar surface area (TPSA) is 98.2 Å². The van der Waals surface area contributed by atoms with Gasteiger partial charge in [0.1, 0.15) is 23.4 Å². The zero-order valence-electron chi connectivity index (χ0n) is 17.2. The molecule has 1 fully saturated rings. The van der Waals surface area contributed by atoms with Gasteiger partial charge in [0.25, 0.3) is 0 Å². The van der Waals surface area contributed by atoms with Gasteiger partial charge in [-0.25, -0.2) is 15.0 Å². The Morgan fingerprint density at radius 2 is 1.88 bits per heavy atom. The van der Waals surface area contributed by atoms with Crippen LogP contribution in [0, 0.1) is 0 Å². The number of nitrogens with zero attached hydrogens (tertiary/aromatic N) is 5. The third kappa shape index (κ3) is 3.97. The van der Waals surface area contributed by atoms with Gasteiger partial charge in [0.05, 0.1) is 6.42 Å². The molecule has 0 spiro atoms. The van der Waals surface area contributed by atoms with Crippen LogP contribution < -0.4 is 4.90 Å². The molecule has 0 aliphatic carbocycles. The summed E-state index contributed by atoms with van der Waals surface area (Å²) in [5, 5.41) is 10.4. The van der Waals surface area contributed by atoms with Crippen molar-refractivity contribution in [1.82, 2.24) is 24.8 Å². The molecule has 1 aliphatic rings. The standard InChI is InChI=1S/C23H21ClN6O2/c24-18-7-2-1-4-15(18)13-19(32)29-8-10-30(11-9-29)23-20-22(25-14-26-23)28-21(27-20)16-5-3-6-17(31)12-16/h1-7,12,14,31H,8-11,13H2,(H,25,26,27,28). The number of carbonyl (C=O) groups is 1. The molecule has 2 aromatic carbocycles. The lowest BCUT2D eigenvalue weighted by Gasteiger charge is -2.35. The van der Waals surface area contributed by atoms with Crippen molar-refractivity contribution in [3.8, 4) is 17.1 Å². The van der Waals surface area contributed by atoms with Gasteiger partial charge in [0.15, 0.2) is 11.5 Å². The van der Waals surface area contributed by atoms with Crippen LogP contribution >= 0.6 is 11.6 Å². The fourth-order valence-electron chi connectivity index (χ4n) is 3.93. The van der Waals surface area contributed by atoms with E-state index in [9.17, 15) is 9.90 Å². The SMILES string of the molecule is O=C(Cc1ccccc1Cl)N1CCN(c2ncnc3nc(-c4cccc(O)c4)[nH]c23)CC1. The van der Waals surface area contributed by atoms with Crippen molar-refractivity contribution in [2.45, 2.75) is 6.42 Å². The number of phenolic OH excluding ortho intramolecular Hbond substituents is 1. The predicted octanol–water partition coefficient (Wildman–Crippen LogP) is 3.27. The maximum atomic E-state index is 12.7. The molecule has 1 aliphatic heterocycles. The number of benzene rings is 2. The number of nitrogens with one attached hydrogen (secondary N) is 1. The first-order valence-electron chi connectivity index (χ1n) is 10.3. The lowest BCUT2D eigenvalue weighted by atomic mass is 10.1. The summed E-state index contributed by atoms with van der Waals surface area (Å²) < 4.78 is 0. The molecule has 1 saturated heterocycles. The second-order valence-corrected chi connectivity index (χ2v) is 8.07. The zero-order valence-corrected chi connectivity index (χ0v) is 18.0. The fraction of sp³-hybridized carbons (Fsp3) is 0.217. The summed E-state index contributed by atoms with van der Waals surface area (Å²) in [6.45, 7) is 2.51. The number of amides is 1. The molecule has 162 valence electrons. The van der Waals surface area contributed by atoms with E-state index in [0.29, 0.717) is 49.1 Å². The lowest BCUT2D eigenvalue weighted by molar-refractivity contribution is -0.130. The Morgan fingerprint density at radius 1 is 1.06 bits per heavy atom. The highest BCUT2D eigenvalue weighted by molar-refractivity contribution is 6.31. The van der Waals surface area contributed by atoms with Crippen molar-refractivity contribution >= 4 is 34.5 Å². The molecule has 4 aromatic rings. The molecule has 8 nitrogen and oxygen atoms in total. The number of aromatic amines is 1. The van der Waals surface area contributed by atoms with Crippen LogP contribution in [0.25, 0.3) is 22.6 Å². The maximum absolute atomic E-state index is 12.7. The number of imidazole rings is 1. The number of rotatable bonds is 4. The molecule has 0 radical (unpaired) electrons. The summed E-state index contributed by atoms with van der Waals surface area (Å²) in [7, 11) is 0. The largest absolute Gasteiger partial charge is 0.508 e. The van der Waals surface area contributed by atoms with E-state index < -0.39 is 0 Å². The molecule has 5 rings (SSSR count). The minimum absolute atomic E-state index is 0.0679. The number of hydrogen-bond acceptors (Lipinski definition) is 6. The fourth-order valence-corrected chi connectivity index (χ4v) is 4.13. The Bertz CT molecular complexity index is 1280. The Hall–Kier alpha value is -3.65. The first-order valence-corrected chi connectivity index (χ1v) is 10.7. The summed E-state index contributed by atoms with van der Waals surface area (Å²) in [6.07, 6.45) is 1.80. The van der Waals surface area contributed by atoms with Gasteiger partial charge in [0.2, 0.25) is 5.91 Å². The van der Waals surface area contributed by atoms with Crippen LogP contribution in [0.1, 0.15) is 5.56 Å². The summed E-state index contributed by atoms with van der Waals surface area (Å²) in [5.74, 6) is 1.61. The monoisotopic (exact) mass is 448 g/mol. The number of aromatic nitrogens is 4. The molecule has 2 aromatic heterocycles. The van der Waals surface area contributed by atoms with E-state index in [1.807, 2.05) is 29.2 Å². The second kappa shape index (κ2) is 8.47. The lowest BCUT2D eigenvalue weighted by Crippen LogP contribution is -2.49. The number of phenols is 1. The number of aromatic hydroxyl groups is 1. The highest BCUT2D eigenvalue weighted by atomic mass is 35.5. The van der Waals surface area contributed by atoms with Crippen LogP contribution in [-0.4, -0.2) is 62.0 Å². The Balaban J connectivity index is 1.32. The minimum atomic E-state index is 0.0679. The second-order valence-electron chi connectivity index (χ2n) is 7.67. The van der Waals surface area contributed by atoms with Crippen LogP contribution in [0.15, 0.2) is 54.9 Å². The molecule has 0 bridgehead atoms. The van der Waals surface area contributed by atoms with Crippen LogP contribution in [-0.2, 0) is 11.2 Å². The van der Waals surface area contributed by atoms with E-state index in [1.165, 1.54) is 6.33 Å². The molecule has 2 N–H and O–H groups in total. The number of carbonyl (C=O) groups excluding carboxylic acids is 1. The van der Waals surface area contributed by atoms with Gasteiger partial charge >= 0.3 is 0 Å². The van der Waals surface area contributed by atoms with Crippen LogP contribution in [0.2, 0.25) is 5.02 Å². The number of halogens is 1. The van der Waals surface area contributed by atoms with Crippen molar-refractivity contribution in [3.05, 3.63) is 65.4 Å². The van der Waals surface area contributed by atoms with Crippen LogP contribution in [0.3, 0.4) is 0 Å². The van der Waals surface area contributed by atoms with Crippen molar-refractivity contribution in [3.63, 3.8) is 0 Å². The van der Waals surface area contributed by atoms with Gasteiger partial charge in [-0.2, -0.15) is 0 Å². The van der Waals surface area contributed by atoms with Gasteiger partial charge in [-0.3, -0.25) is 4.79 Å². The van der Waals surface area contributed by atoms with E-state index in [1.54, 1.807) is 24.3 Å². The number of hydrogen-bond donors (Lipinski definition) is 2. The van der Waals surface area contributed by atoms with Gasteiger partial charge in [-0.15, -0.1) is 0 Å². The average molecular weight is 449 g/mol. The molecule has 9 heteroatoms. The van der Waals surface area contributed by atoms with Gasteiger partial charge in [-0.05, 0) is 23.8 Å². The Labute approximate surface area is 189 Å². The molecular weight excluding hydrogens is 428 g/mol. The Kier molecular flexibility index (Phi) is 5.36. The van der Waals surface area contributed by atoms with E-state index in [-0.39, 0.29) is 11.7 Å². The quantitative estimate of drug-likeness (QED) is 0.497. The van der Waals surface area contributed by atoms with Crippen molar-refractivity contribution in [2.24, 2.45) is 0 Å². The molecule has 0 unspecified atom stereocenters. The number of anilines is 1. The normalized spacial score (nSPS) is 14.2. The van der Waals surface area contributed by atoms with E-state index in [4.69, 9.17) is 11.6 Å². The summed E-state index contributed by atoms with van der Waals surface area (Å²) >= 11 is 6.20. The molecule has 0 saturated carbocycles. The third-order valence-corrected chi connectivity index (χ3v) is 5.99.